The van der Waals surface area contributed by atoms with Crippen molar-refractivity contribution >= 4 is 47.2 Å². The van der Waals surface area contributed by atoms with Gasteiger partial charge in [-0.1, -0.05) is 25.4 Å². The summed E-state index contributed by atoms with van der Waals surface area (Å²) in [4.78, 5) is 49.5. The maximum atomic E-state index is 12.8. The molecule has 0 aliphatic rings. The van der Waals surface area contributed by atoms with Crippen LogP contribution in [0.2, 0.25) is 5.02 Å². The number of amides is 3. The third kappa shape index (κ3) is 9.86. The second-order valence-electron chi connectivity index (χ2n) is 9.48. The maximum Gasteiger partial charge on any atom is 0.338 e. The summed E-state index contributed by atoms with van der Waals surface area (Å²) in [6.45, 7) is 5.32. The molecule has 43 heavy (non-hydrogen) atoms. The Morgan fingerprint density at radius 2 is 1.60 bits per heavy atom. The highest BCUT2D eigenvalue weighted by atomic mass is 35.5. The van der Waals surface area contributed by atoms with Crippen molar-refractivity contribution in [2.45, 2.75) is 26.8 Å². The molecule has 1 unspecified atom stereocenters. The molecule has 0 aliphatic carbocycles. The van der Waals surface area contributed by atoms with E-state index in [0.717, 1.165) is 0 Å². The Morgan fingerprint density at radius 3 is 2.23 bits per heavy atom. The molecule has 12 heteroatoms. The molecule has 0 aromatic heterocycles. The molecule has 0 saturated heterocycles. The van der Waals surface area contributed by atoms with Gasteiger partial charge in [0.1, 0.15) is 6.04 Å². The van der Waals surface area contributed by atoms with Crippen molar-refractivity contribution in [1.82, 2.24) is 10.7 Å². The van der Waals surface area contributed by atoms with Crippen LogP contribution in [-0.4, -0.2) is 56.3 Å². The molecule has 3 rings (SSSR count). The van der Waals surface area contributed by atoms with E-state index in [1.54, 1.807) is 73.7 Å². The van der Waals surface area contributed by atoms with E-state index in [-0.39, 0.29) is 19.1 Å². The highest BCUT2D eigenvalue weighted by Gasteiger charge is 2.24. The normalized spacial score (nSPS) is 11.5. The third-order valence-electron chi connectivity index (χ3n) is 5.96. The van der Waals surface area contributed by atoms with Gasteiger partial charge in [0.05, 0.1) is 25.5 Å². The molecule has 0 heterocycles. The number of hydrazone groups is 1. The van der Waals surface area contributed by atoms with Crippen molar-refractivity contribution in [1.29, 1.82) is 0 Å². The Labute approximate surface area is 254 Å². The average molecular weight is 609 g/mol. The Bertz CT molecular complexity index is 1460. The van der Waals surface area contributed by atoms with E-state index in [1.807, 2.05) is 13.8 Å². The van der Waals surface area contributed by atoms with E-state index in [9.17, 15) is 19.2 Å². The number of anilines is 1. The summed E-state index contributed by atoms with van der Waals surface area (Å²) in [5, 5.41) is 9.92. The van der Waals surface area contributed by atoms with E-state index >= 15 is 0 Å². The van der Waals surface area contributed by atoms with E-state index in [4.69, 9.17) is 25.8 Å². The van der Waals surface area contributed by atoms with Crippen LogP contribution in [0.1, 0.15) is 47.1 Å². The Balaban J connectivity index is 1.54. The average Bonchev–Trinajstić information content (AvgIpc) is 2.99. The topological polar surface area (TPSA) is 144 Å². The first-order valence-electron chi connectivity index (χ1n) is 13.4. The minimum absolute atomic E-state index is 0.205. The number of nitrogens with zero attached hydrogens (tertiary/aromatic N) is 1. The summed E-state index contributed by atoms with van der Waals surface area (Å²) >= 11 is 5.88. The van der Waals surface area contributed by atoms with E-state index in [2.05, 4.69) is 21.2 Å². The Morgan fingerprint density at radius 1 is 0.930 bits per heavy atom. The smallest absolute Gasteiger partial charge is 0.338 e. The van der Waals surface area contributed by atoms with E-state index in [1.165, 1.54) is 13.3 Å². The Hall–Kier alpha value is -4.90. The zero-order valence-electron chi connectivity index (χ0n) is 24.2. The third-order valence-corrected chi connectivity index (χ3v) is 6.21. The van der Waals surface area contributed by atoms with Gasteiger partial charge in [0.2, 0.25) is 0 Å². The number of carbonyl (C=O) groups excluding carboxylic acids is 4. The molecule has 3 aromatic rings. The van der Waals surface area contributed by atoms with Crippen molar-refractivity contribution in [2.75, 3.05) is 25.6 Å². The molecule has 0 fully saturated rings. The number of rotatable bonds is 13. The lowest BCUT2D eigenvalue weighted by Crippen LogP contribution is -2.48. The van der Waals surface area contributed by atoms with Crippen LogP contribution in [0.3, 0.4) is 0 Å². The minimum Gasteiger partial charge on any atom is -0.493 e. The van der Waals surface area contributed by atoms with Gasteiger partial charge in [0.15, 0.2) is 18.1 Å². The molecule has 226 valence electrons. The number of hydrogen-bond donors (Lipinski definition) is 3. The molecule has 11 nitrogen and oxygen atoms in total. The molecule has 3 N–H and O–H groups in total. The second kappa shape index (κ2) is 15.9. The summed E-state index contributed by atoms with van der Waals surface area (Å²) < 4.78 is 15.9. The van der Waals surface area contributed by atoms with Gasteiger partial charge in [-0.2, -0.15) is 5.10 Å². The number of carbonyl (C=O) groups is 4. The van der Waals surface area contributed by atoms with E-state index in [0.29, 0.717) is 38.9 Å². The number of ether oxygens (including phenoxy) is 3. The van der Waals surface area contributed by atoms with Gasteiger partial charge in [0.25, 0.3) is 17.7 Å². The van der Waals surface area contributed by atoms with Gasteiger partial charge in [-0.3, -0.25) is 14.4 Å². The molecule has 0 bridgehead atoms. The molecule has 0 radical (unpaired) electrons. The van der Waals surface area contributed by atoms with E-state index < -0.39 is 29.7 Å². The van der Waals surface area contributed by atoms with Gasteiger partial charge in [0, 0.05) is 16.3 Å². The van der Waals surface area contributed by atoms with Gasteiger partial charge in [-0.05, 0) is 85.1 Å². The first-order valence-corrected chi connectivity index (χ1v) is 13.8. The second-order valence-corrected chi connectivity index (χ2v) is 9.92. The molecule has 3 aromatic carbocycles. The summed E-state index contributed by atoms with van der Waals surface area (Å²) in [5.74, 6) is -1.28. The summed E-state index contributed by atoms with van der Waals surface area (Å²) in [6.07, 6.45) is 1.41. The molecule has 0 saturated carbocycles. The van der Waals surface area contributed by atoms with Crippen LogP contribution < -0.4 is 25.5 Å². The highest BCUT2D eigenvalue weighted by Crippen LogP contribution is 2.27. The highest BCUT2D eigenvalue weighted by molar-refractivity contribution is 6.30. The fraction of sp³-hybridized carbons (Fsp3) is 0.258. The fourth-order valence-electron chi connectivity index (χ4n) is 3.73. The predicted octanol–water partition coefficient (Wildman–Crippen LogP) is 4.45. The first-order chi connectivity index (χ1) is 20.6. The lowest BCUT2D eigenvalue weighted by molar-refractivity contribution is -0.124. The molecule has 0 aliphatic heterocycles. The van der Waals surface area contributed by atoms with Crippen LogP contribution in [0.15, 0.2) is 71.8 Å². The number of methoxy groups -OCH3 is 1. The summed E-state index contributed by atoms with van der Waals surface area (Å²) in [5.41, 5.74) is 4.29. The SMILES string of the molecule is CCOC(=O)c1ccc(NC(=O)COc2ccc(/C=N/NC(=O)C(NC(=O)c3ccc(Cl)cc3)C(C)C)cc2OC)cc1. The molecule has 3 amide bonds. The zero-order chi connectivity index (χ0) is 31.4. The van der Waals surface area contributed by atoms with Crippen LogP contribution in [0.5, 0.6) is 11.5 Å². The van der Waals surface area contributed by atoms with Crippen LogP contribution in [0.4, 0.5) is 5.69 Å². The predicted molar refractivity (Wildman–Crippen MR) is 163 cm³/mol. The monoisotopic (exact) mass is 608 g/mol. The lowest BCUT2D eigenvalue weighted by atomic mass is 10.0. The molecular formula is C31H33ClN4O7. The lowest BCUT2D eigenvalue weighted by Gasteiger charge is -2.20. The minimum atomic E-state index is -0.827. The van der Waals surface area contributed by atoms with Crippen molar-refractivity contribution < 1.29 is 33.4 Å². The van der Waals surface area contributed by atoms with Crippen molar-refractivity contribution in [2.24, 2.45) is 11.0 Å². The van der Waals surface area contributed by atoms with Gasteiger partial charge >= 0.3 is 5.97 Å². The number of halogens is 1. The van der Waals surface area contributed by atoms with Crippen molar-refractivity contribution in [3.8, 4) is 11.5 Å². The van der Waals surface area contributed by atoms with Crippen LogP contribution in [-0.2, 0) is 14.3 Å². The zero-order valence-corrected chi connectivity index (χ0v) is 24.9. The quantitative estimate of drug-likeness (QED) is 0.148. The number of nitrogens with one attached hydrogen (secondary N) is 3. The van der Waals surface area contributed by atoms with Crippen LogP contribution >= 0.6 is 11.6 Å². The number of esters is 1. The number of hydrogen-bond acceptors (Lipinski definition) is 8. The van der Waals surface area contributed by atoms with Gasteiger partial charge in [-0.25, -0.2) is 10.2 Å². The van der Waals surface area contributed by atoms with Gasteiger partial charge in [-0.15, -0.1) is 0 Å². The largest absolute Gasteiger partial charge is 0.493 e. The summed E-state index contributed by atoms with van der Waals surface area (Å²) in [6, 6.07) is 16.7. The molecular weight excluding hydrogens is 576 g/mol. The number of benzene rings is 3. The maximum absolute atomic E-state index is 12.8. The van der Waals surface area contributed by atoms with Crippen LogP contribution in [0.25, 0.3) is 0 Å². The molecule has 1 atom stereocenters. The first kappa shape index (κ1) is 32.6. The standard InChI is InChI=1S/C31H33ClN4O7/c1-5-42-31(40)22-9-13-24(14-10-22)34-27(37)18-43-25-15-6-20(16-26(25)41-4)17-33-36-30(39)28(19(2)3)35-29(38)21-7-11-23(32)12-8-21/h6-17,19,28H,5,18H2,1-4H3,(H,34,37)(H,35,38)(H,36,39)/b33-17+. The molecule has 0 spiro atoms. The summed E-state index contributed by atoms with van der Waals surface area (Å²) in [7, 11) is 1.45. The fourth-order valence-corrected chi connectivity index (χ4v) is 3.85. The van der Waals surface area contributed by atoms with Crippen LogP contribution in [0, 0.1) is 5.92 Å². The van der Waals surface area contributed by atoms with Crippen molar-refractivity contribution in [3.05, 3.63) is 88.4 Å². The Kier molecular flexibility index (Phi) is 12.1. The van der Waals surface area contributed by atoms with Gasteiger partial charge < -0.3 is 24.8 Å². The van der Waals surface area contributed by atoms with Crippen molar-refractivity contribution in [3.63, 3.8) is 0 Å².